The molecule has 3 aromatic rings. The molecular formula is C31H39N3O5S. The Morgan fingerprint density at radius 2 is 1.57 bits per heavy atom. The summed E-state index contributed by atoms with van der Waals surface area (Å²) in [6, 6.07) is 19.7. The van der Waals surface area contributed by atoms with E-state index in [9.17, 15) is 18.0 Å². The second-order valence-corrected chi connectivity index (χ2v) is 11.9. The first-order valence-electron chi connectivity index (χ1n) is 13.3. The molecule has 0 spiro atoms. The summed E-state index contributed by atoms with van der Waals surface area (Å²) in [6.07, 6.45) is 0.740. The normalized spacial score (nSPS) is 12.8. The summed E-state index contributed by atoms with van der Waals surface area (Å²) in [4.78, 5) is 28.6. The Morgan fingerprint density at radius 3 is 2.15 bits per heavy atom. The molecule has 2 atom stereocenters. The van der Waals surface area contributed by atoms with Crippen molar-refractivity contribution in [2.75, 3.05) is 18.0 Å². The van der Waals surface area contributed by atoms with Crippen molar-refractivity contribution in [3.8, 4) is 5.75 Å². The van der Waals surface area contributed by atoms with E-state index in [1.54, 1.807) is 43.3 Å². The van der Waals surface area contributed by atoms with Crippen LogP contribution in [-0.2, 0) is 26.2 Å². The highest BCUT2D eigenvalue weighted by Crippen LogP contribution is 2.27. The highest BCUT2D eigenvalue weighted by Gasteiger charge is 2.32. The minimum Gasteiger partial charge on any atom is -0.497 e. The molecule has 0 aliphatic carbocycles. The molecule has 8 nitrogen and oxygen atoms in total. The van der Waals surface area contributed by atoms with Gasteiger partial charge >= 0.3 is 0 Å². The van der Waals surface area contributed by atoms with Crippen LogP contribution >= 0.6 is 0 Å². The second kappa shape index (κ2) is 13.5. The molecule has 0 radical (unpaired) electrons. The number of nitrogens with one attached hydrogen (secondary N) is 1. The third kappa shape index (κ3) is 7.63. The van der Waals surface area contributed by atoms with Crippen molar-refractivity contribution in [1.29, 1.82) is 0 Å². The summed E-state index contributed by atoms with van der Waals surface area (Å²) in [5.74, 6) is -0.244. The Kier molecular flexibility index (Phi) is 10.3. The Bertz CT molecular complexity index is 1410. The zero-order valence-electron chi connectivity index (χ0n) is 24.0. The largest absolute Gasteiger partial charge is 0.497 e. The number of rotatable bonds is 12. The van der Waals surface area contributed by atoms with Crippen LogP contribution in [0.4, 0.5) is 5.69 Å². The highest BCUT2D eigenvalue weighted by atomic mass is 32.2. The predicted molar refractivity (Wildman–Crippen MR) is 158 cm³/mol. The zero-order valence-corrected chi connectivity index (χ0v) is 24.9. The first kappa shape index (κ1) is 30.7. The van der Waals surface area contributed by atoms with Gasteiger partial charge in [0.25, 0.3) is 10.0 Å². The van der Waals surface area contributed by atoms with Crippen molar-refractivity contribution in [3.05, 3.63) is 89.5 Å². The van der Waals surface area contributed by atoms with Gasteiger partial charge in [0.2, 0.25) is 11.8 Å². The number of amides is 2. The van der Waals surface area contributed by atoms with Crippen molar-refractivity contribution in [1.82, 2.24) is 10.2 Å². The third-order valence-corrected chi connectivity index (χ3v) is 8.64. The molecule has 40 heavy (non-hydrogen) atoms. The van der Waals surface area contributed by atoms with Crippen LogP contribution in [0.15, 0.2) is 77.7 Å². The van der Waals surface area contributed by atoms with Crippen LogP contribution in [0, 0.1) is 13.8 Å². The van der Waals surface area contributed by atoms with E-state index in [0.717, 1.165) is 27.4 Å². The molecule has 0 saturated carbocycles. The number of anilines is 1. The molecule has 1 N–H and O–H groups in total. The molecule has 214 valence electrons. The van der Waals surface area contributed by atoms with Gasteiger partial charge in [0, 0.05) is 12.6 Å². The van der Waals surface area contributed by atoms with Crippen LogP contribution < -0.4 is 14.4 Å². The minimum atomic E-state index is -4.12. The van der Waals surface area contributed by atoms with Gasteiger partial charge in [0.05, 0.1) is 17.7 Å². The molecule has 9 heteroatoms. The van der Waals surface area contributed by atoms with E-state index in [1.807, 2.05) is 52.0 Å². The summed E-state index contributed by atoms with van der Waals surface area (Å²) in [5.41, 5.74) is 3.08. The Morgan fingerprint density at radius 1 is 0.925 bits per heavy atom. The first-order chi connectivity index (χ1) is 19.0. The lowest BCUT2D eigenvalue weighted by Gasteiger charge is -2.32. The van der Waals surface area contributed by atoms with Crippen LogP contribution in [-0.4, -0.2) is 50.9 Å². The van der Waals surface area contributed by atoms with E-state index in [2.05, 4.69) is 5.32 Å². The van der Waals surface area contributed by atoms with Gasteiger partial charge in [-0.1, -0.05) is 54.4 Å². The topological polar surface area (TPSA) is 96.0 Å². The maximum absolute atomic E-state index is 14.0. The van der Waals surface area contributed by atoms with Crippen LogP contribution in [0.3, 0.4) is 0 Å². The van der Waals surface area contributed by atoms with E-state index < -0.39 is 28.5 Å². The Hall–Kier alpha value is -3.85. The lowest BCUT2D eigenvalue weighted by molar-refractivity contribution is -0.139. The number of carbonyl (C=O) groups excluding carboxylic acids is 2. The fourth-order valence-electron chi connectivity index (χ4n) is 4.17. The summed E-state index contributed by atoms with van der Waals surface area (Å²) >= 11 is 0. The minimum absolute atomic E-state index is 0.0644. The molecule has 0 saturated heterocycles. The Labute approximate surface area is 238 Å². The van der Waals surface area contributed by atoms with Gasteiger partial charge in [-0.25, -0.2) is 8.42 Å². The molecule has 0 aliphatic rings. The fraction of sp³-hybridized carbons (Fsp3) is 0.355. The molecular weight excluding hydrogens is 526 g/mol. The SMILES string of the molecule is CC[C@@H](C)NC(=O)[C@H](C)N(Cc1cccc(C)c1)C(=O)CN(c1ccc(OC)cc1)S(=O)(=O)c1ccc(C)cc1. The molecule has 0 heterocycles. The standard InChI is InChI=1S/C31H39N3O5S/c1-7-24(4)32-31(36)25(5)33(20-26-10-8-9-23(3)19-26)30(35)21-34(27-13-15-28(39-6)16-14-27)40(37,38)29-17-11-22(2)12-18-29/h8-19,24-25H,7,20-21H2,1-6H3,(H,32,36)/t24-,25+/m1/s1. The lowest BCUT2D eigenvalue weighted by Crippen LogP contribution is -2.52. The number of nitrogens with zero attached hydrogens (tertiary/aromatic N) is 2. The summed E-state index contributed by atoms with van der Waals surface area (Å²) in [6.45, 7) is 9.01. The molecule has 3 aromatic carbocycles. The van der Waals surface area contributed by atoms with Gasteiger partial charge in [-0.15, -0.1) is 0 Å². The van der Waals surface area contributed by atoms with Crippen LogP contribution in [0.2, 0.25) is 0 Å². The third-order valence-electron chi connectivity index (χ3n) is 6.85. The summed E-state index contributed by atoms with van der Waals surface area (Å²) < 4.78 is 34.1. The number of sulfonamides is 1. The summed E-state index contributed by atoms with van der Waals surface area (Å²) in [5, 5.41) is 2.94. The number of hydrogen-bond donors (Lipinski definition) is 1. The van der Waals surface area contributed by atoms with Crippen molar-refractivity contribution < 1.29 is 22.7 Å². The highest BCUT2D eigenvalue weighted by molar-refractivity contribution is 7.92. The molecule has 0 aromatic heterocycles. The Balaban J connectivity index is 2.03. The van der Waals surface area contributed by atoms with E-state index in [-0.39, 0.29) is 23.4 Å². The predicted octanol–water partition coefficient (Wildman–Crippen LogP) is 4.84. The van der Waals surface area contributed by atoms with Gasteiger partial charge in [-0.3, -0.25) is 13.9 Å². The average molecular weight is 566 g/mol. The van der Waals surface area contributed by atoms with E-state index in [1.165, 1.54) is 24.1 Å². The number of aryl methyl sites for hydroxylation is 2. The fourth-order valence-corrected chi connectivity index (χ4v) is 5.58. The summed E-state index contributed by atoms with van der Waals surface area (Å²) in [7, 11) is -2.60. The molecule has 0 unspecified atom stereocenters. The zero-order chi connectivity index (χ0) is 29.4. The van der Waals surface area contributed by atoms with Gasteiger partial charge in [0.15, 0.2) is 0 Å². The lowest BCUT2D eigenvalue weighted by atomic mass is 10.1. The number of methoxy groups -OCH3 is 1. The first-order valence-corrected chi connectivity index (χ1v) is 14.8. The molecule has 0 bridgehead atoms. The van der Waals surface area contributed by atoms with Crippen molar-refractivity contribution >= 4 is 27.5 Å². The van der Waals surface area contributed by atoms with E-state index >= 15 is 0 Å². The van der Waals surface area contributed by atoms with Crippen molar-refractivity contribution in [3.63, 3.8) is 0 Å². The van der Waals surface area contributed by atoms with Gasteiger partial charge in [-0.05, 0) is 76.1 Å². The number of carbonyl (C=O) groups is 2. The monoisotopic (exact) mass is 565 g/mol. The van der Waals surface area contributed by atoms with Gasteiger partial charge in [0.1, 0.15) is 18.3 Å². The number of benzene rings is 3. The average Bonchev–Trinajstić information content (AvgIpc) is 2.94. The number of hydrogen-bond acceptors (Lipinski definition) is 5. The maximum Gasteiger partial charge on any atom is 0.264 e. The van der Waals surface area contributed by atoms with Crippen LogP contribution in [0.5, 0.6) is 5.75 Å². The molecule has 0 fully saturated rings. The molecule has 3 rings (SSSR count). The van der Waals surface area contributed by atoms with E-state index in [4.69, 9.17) is 4.74 Å². The smallest absolute Gasteiger partial charge is 0.264 e. The maximum atomic E-state index is 14.0. The van der Waals surface area contributed by atoms with Crippen molar-refractivity contribution in [2.45, 2.75) is 64.6 Å². The number of ether oxygens (including phenoxy) is 1. The van der Waals surface area contributed by atoms with Crippen LogP contribution in [0.1, 0.15) is 43.9 Å². The van der Waals surface area contributed by atoms with Crippen molar-refractivity contribution in [2.24, 2.45) is 0 Å². The van der Waals surface area contributed by atoms with E-state index in [0.29, 0.717) is 11.4 Å². The molecule has 0 aliphatic heterocycles. The quantitative estimate of drug-likeness (QED) is 0.339. The van der Waals surface area contributed by atoms with Gasteiger partial charge < -0.3 is 15.0 Å². The van der Waals surface area contributed by atoms with Crippen LogP contribution in [0.25, 0.3) is 0 Å². The second-order valence-electron chi connectivity index (χ2n) is 10.0. The van der Waals surface area contributed by atoms with Gasteiger partial charge in [-0.2, -0.15) is 0 Å². The molecule has 2 amide bonds.